The molecule has 0 aliphatic rings. The summed E-state index contributed by atoms with van der Waals surface area (Å²) in [6.45, 7) is 1.94. The summed E-state index contributed by atoms with van der Waals surface area (Å²) >= 11 is 3.29. The highest BCUT2D eigenvalue weighted by Crippen LogP contribution is 2.18. The van der Waals surface area contributed by atoms with Crippen molar-refractivity contribution in [1.82, 2.24) is 4.98 Å². The maximum atomic E-state index is 9.39. The van der Waals surface area contributed by atoms with Gasteiger partial charge in [-0.25, -0.2) is 0 Å². The van der Waals surface area contributed by atoms with Gasteiger partial charge in [-0.2, -0.15) is 0 Å². The van der Waals surface area contributed by atoms with E-state index >= 15 is 0 Å². The van der Waals surface area contributed by atoms with E-state index in [2.05, 4.69) is 20.9 Å². The topological polar surface area (TPSA) is 33.1 Å². The molecule has 11 heavy (non-hydrogen) atoms. The van der Waals surface area contributed by atoms with Crippen LogP contribution in [0.1, 0.15) is 25.0 Å². The lowest BCUT2D eigenvalue weighted by Gasteiger charge is -2.06. The summed E-state index contributed by atoms with van der Waals surface area (Å²) in [5, 5.41) is 9.39. The van der Waals surface area contributed by atoms with E-state index < -0.39 is 0 Å². The van der Waals surface area contributed by atoms with Gasteiger partial charge in [-0.05, 0) is 34.0 Å². The van der Waals surface area contributed by atoms with E-state index in [1.807, 2.05) is 13.0 Å². The van der Waals surface area contributed by atoms with E-state index in [0.717, 1.165) is 16.5 Å². The first-order chi connectivity index (χ1) is 5.24. The molecule has 0 aliphatic carbocycles. The number of aromatic nitrogens is 1. The van der Waals surface area contributed by atoms with Crippen LogP contribution in [-0.2, 0) is 0 Å². The van der Waals surface area contributed by atoms with Gasteiger partial charge in [0.05, 0.1) is 6.10 Å². The van der Waals surface area contributed by atoms with Crippen LogP contribution in [0.15, 0.2) is 22.9 Å². The van der Waals surface area contributed by atoms with Crippen LogP contribution in [0.5, 0.6) is 0 Å². The fourth-order valence-corrected chi connectivity index (χ4v) is 1.23. The van der Waals surface area contributed by atoms with Crippen molar-refractivity contribution in [3.05, 3.63) is 28.5 Å². The SMILES string of the molecule is CCC(O)c1cncc(Br)c1. The maximum Gasteiger partial charge on any atom is 0.0802 e. The molecule has 1 heterocycles. The summed E-state index contributed by atoms with van der Waals surface area (Å²) in [6, 6.07) is 1.88. The Labute approximate surface area is 74.4 Å². The molecule has 1 aromatic rings. The Bertz CT molecular complexity index is 239. The first-order valence-corrected chi connectivity index (χ1v) is 4.32. The number of nitrogens with zero attached hydrogens (tertiary/aromatic N) is 1. The predicted molar refractivity (Wildman–Crippen MR) is 47.2 cm³/mol. The number of aliphatic hydroxyl groups excluding tert-OH is 1. The lowest BCUT2D eigenvalue weighted by Crippen LogP contribution is -1.95. The number of aliphatic hydroxyl groups is 1. The molecular formula is C8H10BrNO. The molecule has 3 heteroatoms. The van der Waals surface area contributed by atoms with E-state index in [1.165, 1.54) is 0 Å². The zero-order valence-corrected chi connectivity index (χ0v) is 7.87. The predicted octanol–water partition coefficient (Wildman–Crippen LogP) is 2.29. The van der Waals surface area contributed by atoms with Gasteiger partial charge >= 0.3 is 0 Å². The average molecular weight is 216 g/mol. The van der Waals surface area contributed by atoms with E-state index in [0.29, 0.717) is 0 Å². The van der Waals surface area contributed by atoms with Crippen molar-refractivity contribution in [2.45, 2.75) is 19.4 Å². The smallest absolute Gasteiger partial charge is 0.0802 e. The summed E-state index contributed by atoms with van der Waals surface area (Å²) in [5.74, 6) is 0. The fraction of sp³-hybridized carbons (Fsp3) is 0.375. The lowest BCUT2D eigenvalue weighted by molar-refractivity contribution is 0.173. The molecule has 0 aromatic carbocycles. The molecule has 1 unspecified atom stereocenters. The molecule has 1 rings (SSSR count). The van der Waals surface area contributed by atoms with Gasteiger partial charge in [0.2, 0.25) is 0 Å². The third-order valence-corrected chi connectivity index (χ3v) is 1.93. The van der Waals surface area contributed by atoms with Crippen molar-refractivity contribution in [2.75, 3.05) is 0 Å². The van der Waals surface area contributed by atoms with Gasteiger partial charge in [-0.3, -0.25) is 4.98 Å². The number of hydrogen-bond acceptors (Lipinski definition) is 2. The largest absolute Gasteiger partial charge is 0.388 e. The molecule has 2 nitrogen and oxygen atoms in total. The molecule has 1 N–H and O–H groups in total. The summed E-state index contributed by atoms with van der Waals surface area (Å²) in [6.07, 6.45) is 3.71. The Morgan fingerprint density at radius 1 is 1.64 bits per heavy atom. The molecule has 1 aromatic heterocycles. The van der Waals surface area contributed by atoms with Crippen LogP contribution in [0.3, 0.4) is 0 Å². The van der Waals surface area contributed by atoms with Gasteiger partial charge in [0.25, 0.3) is 0 Å². The highest BCUT2D eigenvalue weighted by molar-refractivity contribution is 9.10. The molecule has 0 amide bonds. The van der Waals surface area contributed by atoms with Crippen molar-refractivity contribution >= 4 is 15.9 Å². The van der Waals surface area contributed by atoms with Gasteiger partial charge in [0.1, 0.15) is 0 Å². The molecule has 60 valence electrons. The average Bonchev–Trinajstić information content (AvgIpc) is 2.03. The molecule has 1 atom stereocenters. The summed E-state index contributed by atoms with van der Waals surface area (Å²) in [5.41, 5.74) is 0.863. The van der Waals surface area contributed by atoms with Gasteiger partial charge in [0, 0.05) is 16.9 Å². The zero-order chi connectivity index (χ0) is 8.27. The third-order valence-electron chi connectivity index (χ3n) is 1.50. The standard InChI is InChI=1S/C8H10BrNO/c1-2-8(11)6-3-7(9)5-10-4-6/h3-5,8,11H,2H2,1H3. The number of rotatable bonds is 2. The van der Waals surface area contributed by atoms with Crippen molar-refractivity contribution < 1.29 is 5.11 Å². The van der Waals surface area contributed by atoms with Crippen LogP contribution in [0.4, 0.5) is 0 Å². The quantitative estimate of drug-likeness (QED) is 0.822. The fourth-order valence-electron chi connectivity index (χ4n) is 0.846. The summed E-state index contributed by atoms with van der Waals surface area (Å²) < 4.78 is 0.905. The van der Waals surface area contributed by atoms with Crippen LogP contribution < -0.4 is 0 Å². The van der Waals surface area contributed by atoms with Crippen LogP contribution in [-0.4, -0.2) is 10.1 Å². The molecule has 0 bridgehead atoms. The Balaban J connectivity index is 2.86. The highest BCUT2D eigenvalue weighted by atomic mass is 79.9. The lowest BCUT2D eigenvalue weighted by atomic mass is 10.1. The summed E-state index contributed by atoms with van der Waals surface area (Å²) in [7, 11) is 0. The Morgan fingerprint density at radius 2 is 2.36 bits per heavy atom. The van der Waals surface area contributed by atoms with Crippen LogP contribution in [0, 0.1) is 0 Å². The van der Waals surface area contributed by atoms with Crippen LogP contribution in [0.2, 0.25) is 0 Å². The molecule has 0 radical (unpaired) electrons. The van der Waals surface area contributed by atoms with Crippen LogP contribution >= 0.6 is 15.9 Å². The molecule has 0 spiro atoms. The van der Waals surface area contributed by atoms with Crippen molar-refractivity contribution in [3.8, 4) is 0 Å². The normalized spacial score (nSPS) is 13.0. The Kier molecular flexibility index (Phi) is 3.02. The first-order valence-electron chi connectivity index (χ1n) is 3.52. The molecule has 0 saturated heterocycles. The second-order valence-electron chi connectivity index (χ2n) is 2.36. The highest BCUT2D eigenvalue weighted by Gasteiger charge is 2.04. The van der Waals surface area contributed by atoms with Crippen molar-refractivity contribution in [3.63, 3.8) is 0 Å². The number of pyridine rings is 1. The van der Waals surface area contributed by atoms with E-state index in [9.17, 15) is 5.11 Å². The minimum atomic E-state index is -0.389. The monoisotopic (exact) mass is 215 g/mol. The molecule has 0 aliphatic heterocycles. The zero-order valence-electron chi connectivity index (χ0n) is 6.29. The van der Waals surface area contributed by atoms with Gasteiger partial charge in [0.15, 0.2) is 0 Å². The maximum absolute atomic E-state index is 9.39. The van der Waals surface area contributed by atoms with Gasteiger partial charge in [-0.15, -0.1) is 0 Å². The van der Waals surface area contributed by atoms with Gasteiger partial charge < -0.3 is 5.11 Å². The second kappa shape index (κ2) is 3.83. The Hall–Kier alpha value is -0.410. The van der Waals surface area contributed by atoms with E-state index in [4.69, 9.17) is 0 Å². The van der Waals surface area contributed by atoms with Crippen molar-refractivity contribution in [1.29, 1.82) is 0 Å². The second-order valence-corrected chi connectivity index (χ2v) is 3.28. The third kappa shape index (κ3) is 2.27. The Morgan fingerprint density at radius 3 is 2.91 bits per heavy atom. The molecular weight excluding hydrogens is 206 g/mol. The first kappa shape index (κ1) is 8.68. The van der Waals surface area contributed by atoms with E-state index in [-0.39, 0.29) is 6.10 Å². The van der Waals surface area contributed by atoms with Crippen molar-refractivity contribution in [2.24, 2.45) is 0 Å². The number of hydrogen-bond donors (Lipinski definition) is 1. The molecule has 0 saturated carbocycles. The molecule has 0 fully saturated rings. The van der Waals surface area contributed by atoms with Gasteiger partial charge in [-0.1, -0.05) is 6.92 Å². The minimum absolute atomic E-state index is 0.389. The number of halogens is 1. The van der Waals surface area contributed by atoms with Crippen LogP contribution in [0.25, 0.3) is 0 Å². The minimum Gasteiger partial charge on any atom is -0.388 e. The summed E-state index contributed by atoms with van der Waals surface area (Å²) in [4.78, 5) is 3.95. The van der Waals surface area contributed by atoms with E-state index in [1.54, 1.807) is 12.4 Å².